The lowest BCUT2D eigenvalue weighted by Crippen LogP contribution is -2.20. The van der Waals surface area contributed by atoms with E-state index in [4.69, 9.17) is 4.74 Å². The Morgan fingerprint density at radius 2 is 1.96 bits per heavy atom. The number of aromatic hydroxyl groups is 1. The molecule has 0 spiro atoms. The number of aromatic amines is 1. The van der Waals surface area contributed by atoms with E-state index in [0.29, 0.717) is 22.3 Å². The van der Waals surface area contributed by atoms with Gasteiger partial charge in [0.25, 0.3) is 5.56 Å². The summed E-state index contributed by atoms with van der Waals surface area (Å²) in [5.74, 6) is -1.30. The molecule has 0 saturated carbocycles. The van der Waals surface area contributed by atoms with Crippen LogP contribution in [0.3, 0.4) is 0 Å². The third kappa shape index (κ3) is 3.35. The minimum Gasteiger partial charge on any atom is -0.507 e. The highest BCUT2D eigenvalue weighted by molar-refractivity contribution is 5.76. The van der Waals surface area contributed by atoms with E-state index in [2.05, 4.69) is 15.0 Å². The maximum absolute atomic E-state index is 12.4. The molecule has 0 aliphatic rings. The summed E-state index contributed by atoms with van der Waals surface area (Å²) in [6, 6.07) is 6.75. The summed E-state index contributed by atoms with van der Waals surface area (Å²) in [6.07, 6.45) is 3.07. The van der Waals surface area contributed by atoms with Crippen LogP contribution in [0.2, 0.25) is 0 Å². The highest BCUT2D eigenvalue weighted by atomic mass is 16.5. The summed E-state index contributed by atoms with van der Waals surface area (Å²) in [5, 5.41) is 10.3. The Morgan fingerprint density at radius 1 is 1.24 bits per heavy atom. The van der Waals surface area contributed by atoms with Crippen molar-refractivity contribution < 1.29 is 14.6 Å². The molecule has 0 fully saturated rings. The topological polar surface area (TPSA) is 105 Å². The van der Waals surface area contributed by atoms with Crippen molar-refractivity contribution in [2.75, 3.05) is 7.11 Å². The lowest BCUT2D eigenvalue weighted by atomic mass is 9.88. The first-order valence-corrected chi connectivity index (χ1v) is 7.70. The summed E-state index contributed by atoms with van der Waals surface area (Å²) in [6.45, 7) is 1.67. The molecule has 0 bridgehead atoms. The molecule has 0 radical (unpaired) electrons. The van der Waals surface area contributed by atoms with Gasteiger partial charge in [0, 0.05) is 24.0 Å². The number of hydrogen-bond acceptors (Lipinski definition) is 6. The number of benzene rings is 1. The van der Waals surface area contributed by atoms with Crippen LogP contribution in [0.5, 0.6) is 5.75 Å². The summed E-state index contributed by atoms with van der Waals surface area (Å²) >= 11 is 0. The molecule has 3 aromatic rings. The zero-order valence-corrected chi connectivity index (χ0v) is 13.8. The lowest BCUT2D eigenvalue weighted by Gasteiger charge is -2.18. The first-order valence-electron chi connectivity index (χ1n) is 7.70. The molecule has 0 saturated heterocycles. The van der Waals surface area contributed by atoms with Crippen LogP contribution in [0, 0.1) is 6.92 Å². The van der Waals surface area contributed by atoms with Crippen LogP contribution >= 0.6 is 0 Å². The van der Waals surface area contributed by atoms with Crippen molar-refractivity contribution in [3.8, 4) is 5.75 Å². The second-order valence-electron chi connectivity index (χ2n) is 5.72. The molecule has 0 aliphatic heterocycles. The van der Waals surface area contributed by atoms with Gasteiger partial charge in [-0.2, -0.15) is 0 Å². The highest BCUT2D eigenvalue weighted by Crippen LogP contribution is 2.32. The second kappa shape index (κ2) is 6.72. The molecule has 1 aromatic carbocycles. The predicted molar refractivity (Wildman–Crippen MR) is 91.5 cm³/mol. The van der Waals surface area contributed by atoms with E-state index >= 15 is 0 Å². The van der Waals surface area contributed by atoms with E-state index in [1.54, 1.807) is 37.5 Å². The molecule has 1 atom stereocenters. The Balaban J connectivity index is 2.17. The van der Waals surface area contributed by atoms with Crippen LogP contribution < -0.4 is 5.56 Å². The fraction of sp³-hybridized carbons (Fsp3) is 0.222. The average Bonchev–Trinajstić information content (AvgIpc) is 2.59. The summed E-state index contributed by atoms with van der Waals surface area (Å²) in [5.41, 5.74) is 2.23. The number of fused-ring (bicyclic) bond motifs is 1. The van der Waals surface area contributed by atoms with Gasteiger partial charge in [0.2, 0.25) is 0 Å². The van der Waals surface area contributed by atoms with Crippen molar-refractivity contribution in [3.05, 3.63) is 63.8 Å². The normalized spacial score (nSPS) is 12.1. The molecule has 25 heavy (non-hydrogen) atoms. The van der Waals surface area contributed by atoms with Crippen molar-refractivity contribution in [2.24, 2.45) is 0 Å². The molecule has 0 aliphatic carbocycles. The Kier molecular flexibility index (Phi) is 4.47. The average molecular weight is 339 g/mol. The number of aromatic nitrogens is 3. The highest BCUT2D eigenvalue weighted by Gasteiger charge is 2.25. The fourth-order valence-corrected chi connectivity index (χ4v) is 2.85. The third-order valence-corrected chi connectivity index (χ3v) is 4.03. The van der Waals surface area contributed by atoms with Crippen LogP contribution in [-0.4, -0.2) is 33.1 Å². The van der Waals surface area contributed by atoms with Crippen molar-refractivity contribution in [1.29, 1.82) is 0 Å². The van der Waals surface area contributed by atoms with Gasteiger partial charge in [-0.3, -0.25) is 19.6 Å². The quantitative estimate of drug-likeness (QED) is 0.705. The number of nitrogens with zero attached hydrogens (tertiary/aromatic N) is 2. The van der Waals surface area contributed by atoms with Crippen molar-refractivity contribution in [2.45, 2.75) is 19.3 Å². The number of aryl methyl sites for hydroxylation is 1. The number of hydrogen-bond donors (Lipinski definition) is 2. The van der Waals surface area contributed by atoms with Gasteiger partial charge in [-0.05, 0) is 30.7 Å². The van der Waals surface area contributed by atoms with Crippen LogP contribution in [0.1, 0.15) is 29.2 Å². The van der Waals surface area contributed by atoms with Crippen LogP contribution in [0.15, 0.2) is 41.5 Å². The Labute approximate surface area is 143 Å². The predicted octanol–water partition coefficient (Wildman–Crippen LogP) is 2.03. The third-order valence-electron chi connectivity index (χ3n) is 4.03. The standard InChI is InChI=1S/C18H17N3O4/c1-10-7-15(22)17(18(24)21-10)12(9-16(23)25-2)11-3-4-13-14(8-11)20-6-5-19-13/h3-8,12H,9H2,1-2H3,(H2,21,22,24)/t12-/m0/s1. The molecule has 128 valence electrons. The monoisotopic (exact) mass is 339 g/mol. The summed E-state index contributed by atoms with van der Waals surface area (Å²) in [7, 11) is 1.28. The fourth-order valence-electron chi connectivity index (χ4n) is 2.85. The van der Waals surface area contributed by atoms with E-state index in [9.17, 15) is 14.7 Å². The Morgan fingerprint density at radius 3 is 2.64 bits per heavy atom. The number of carbonyl (C=O) groups excluding carboxylic acids is 1. The molecule has 7 nitrogen and oxygen atoms in total. The van der Waals surface area contributed by atoms with Gasteiger partial charge in [-0.25, -0.2) is 0 Å². The SMILES string of the molecule is COC(=O)C[C@@H](c1ccc2nccnc2c1)c1c(O)cc(C)[nH]c1=O. The molecular formula is C18H17N3O4. The first kappa shape index (κ1) is 16.6. The molecule has 0 amide bonds. The van der Waals surface area contributed by atoms with Gasteiger partial charge >= 0.3 is 5.97 Å². The van der Waals surface area contributed by atoms with E-state index in [-0.39, 0.29) is 17.7 Å². The first-order chi connectivity index (χ1) is 12.0. The number of H-pyrrole nitrogens is 1. The molecule has 0 unspecified atom stereocenters. The van der Waals surface area contributed by atoms with Gasteiger partial charge in [-0.1, -0.05) is 6.07 Å². The van der Waals surface area contributed by atoms with Crippen LogP contribution in [-0.2, 0) is 9.53 Å². The van der Waals surface area contributed by atoms with E-state index < -0.39 is 17.4 Å². The minimum atomic E-state index is -0.664. The molecule has 3 rings (SSSR count). The van der Waals surface area contributed by atoms with E-state index in [1.807, 2.05) is 0 Å². The number of carbonyl (C=O) groups is 1. The van der Waals surface area contributed by atoms with Crippen molar-refractivity contribution >= 4 is 17.0 Å². The summed E-state index contributed by atoms with van der Waals surface area (Å²) < 4.78 is 4.75. The van der Waals surface area contributed by atoms with Crippen LogP contribution in [0.4, 0.5) is 0 Å². The maximum Gasteiger partial charge on any atom is 0.306 e. The minimum absolute atomic E-state index is 0.0814. The number of methoxy groups -OCH3 is 1. The zero-order chi connectivity index (χ0) is 18.0. The smallest absolute Gasteiger partial charge is 0.306 e. The Bertz CT molecular complexity index is 997. The van der Waals surface area contributed by atoms with Crippen LogP contribution in [0.25, 0.3) is 11.0 Å². The van der Waals surface area contributed by atoms with Gasteiger partial charge < -0.3 is 14.8 Å². The summed E-state index contributed by atoms with van der Waals surface area (Å²) in [4.78, 5) is 35.4. The number of nitrogens with one attached hydrogen (secondary N) is 1. The van der Waals surface area contributed by atoms with E-state index in [1.165, 1.54) is 13.2 Å². The van der Waals surface area contributed by atoms with Gasteiger partial charge in [-0.15, -0.1) is 0 Å². The molecule has 7 heteroatoms. The molecule has 2 N–H and O–H groups in total. The number of pyridine rings is 1. The lowest BCUT2D eigenvalue weighted by molar-refractivity contribution is -0.140. The second-order valence-corrected chi connectivity index (χ2v) is 5.72. The molecule has 2 heterocycles. The van der Waals surface area contributed by atoms with E-state index in [0.717, 1.165) is 0 Å². The van der Waals surface area contributed by atoms with Crippen molar-refractivity contribution in [3.63, 3.8) is 0 Å². The zero-order valence-electron chi connectivity index (χ0n) is 13.8. The number of esters is 1. The number of rotatable bonds is 4. The maximum atomic E-state index is 12.4. The van der Waals surface area contributed by atoms with Gasteiger partial charge in [0.1, 0.15) is 5.75 Å². The molecule has 2 aromatic heterocycles. The molecular weight excluding hydrogens is 322 g/mol. The Hall–Kier alpha value is -3.22. The van der Waals surface area contributed by atoms with Gasteiger partial charge in [0.15, 0.2) is 0 Å². The van der Waals surface area contributed by atoms with Gasteiger partial charge in [0.05, 0.1) is 30.1 Å². The van der Waals surface area contributed by atoms with Crippen molar-refractivity contribution in [1.82, 2.24) is 15.0 Å². The largest absolute Gasteiger partial charge is 0.507 e. The number of ether oxygens (including phenoxy) is 1.